The van der Waals surface area contributed by atoms with E-state index in [-0.39, 0.29) is 0 Å². The largest absolute Gasteiger partial charge is 0.489 e. The molecule has 0 bridgehead atoms. The van der Waals surface area contributed by atoms with E-state index in [4.69, 9.17) is 15.2 Å². The Kier molecular flexibility index (Phi) is 7.85. The van der Waals surface area contributed by atoms with Gasteiger partial charge in [0, 0.05) is 18.9 Å². The van der Waals surface area contributed by atoms with Crippen molar-refractivity contribution in [3.63, 3.8) is 0 Å². The van der Waals surface area contributed by atoms with Gasteiger partial charge in [0.1, 0.15) is 24.4 Å². The van der Waals surface area contributed by atoms with Gasteiger partial charge in [0.15, 0.2) is 0 Å². The number of unbranched alkanes of at least 4 members (excludes halogenated alkanes) is 1. The van der Waals surface area contributed by atoms with Crippen LogP contribution in [0.3, 0.4) is 0 Å². The first kappa shape index (κ1) is 18.9. The predicted octanol–water partition coefficient (Wildman–Crippen LogP) is 1.89. The van der Waals surface area contributed by atoms with Crippen LogP contribution in [0.4, 0.5) is 11.4 Å². The van der Waals surface area contributed by atoms with E-state index in [2.05, 4.69) is 33.8 Å². The van der Waals surface area contributed by atoms with Crippen molar-refractivity contribution in [3.8, 4) is 11.4 Å². The van der Waals surface area contributed by atoms with Gasteiger partial charge in [0.05, 0.1) is 24.2 Å². The smallest absolute Gasteiger partial charge is 0.148 e. The molecule has 8 nitrogen and oxygen atoms in total. The second-order valence-electron chi connectivity index (χ2n) is 5.04. The van der Waals surface area contributed by atoms with Crippen molar-refractivity contribution >= 4 is 11.4 Å². The fraction of sp³-hybridized carbons (Fsp3) is 0.471. The van der Waals surface area contributed by atoms with Gasteiger partial charge in [-0.2, -0.15) is 4.98 Å². The fourth-order valence-electron chi connectivity index (χ4n) is 2.23. The van der Waals surface area contributed by atoms with Crippen molar-refractivity contribution in [3.05, 3.63) is 30.9 Å². The molecule has 136 valence electrons. The van der Waals surface area contributed by atoms with Crippen LogP contribution in [0.1, 0.15) is 26.7 Å². The van der Waals surface area contributed by atoms with Crippen LogP contribution in [-0.2, 0) is 4.74 Å². The molecule has 1 aliphatic rings. The van der Waals surface area contributed by atoms with E-state index in [1.165, 1.54) is 0 Å². The first-order valence-electron chi connectivity index (χ1n) is 8.57. The van der Waals surface area contributed by atoms with E-state index in [0.717, 1.165) is 35.7 Å². The van der Waals surface area contributed by atoms with Gasteiger partial charge in [-0.25, -0.2) is 0 Å². The second-order valence-corrected chi connectivity index (χ2v) is 5.04. The molecule has 0 amide bonds. The van der Waals surface area contributed by atoms with Crippen LogP contribution >= 0.6 is 0 Å². The zero-order valence-electron chi connectivity index (χ0n) is 14.8. The number of ether oxygens (including phenoxy) is 2. The van der Waals surface area contributed by atoms with Crippen molar-refractivity contribution in [2.75, 3.05) is 37.2 Å². The van der Waals surface area contributed by atoms with Crippen LogP contribution < -0.4 is 26.9 Å². The van der Waals surface area contributed by atoms with Gasteiger partial charge in [0.2, 0.25) is 0 Å². The average Bonchev–Trinajstić information content (AvgIpc) is 3.34. The molecule has 0 saturated carbocycles. The van der Waals surface area contributed by atoms with Gasteiger partial charge in [-0.3, -0.25) is 9.99 Å². The maximum absolute atomic E-state index is 5.84. The van der Waals surface area contributed by atoms with Crippen molar-refractivity contribution in [2.45, 2.75) is 26.7 Å². The molecule has 1 aromatic carbocycles. The Bertz CT molecular complexity index is 618. The first-order valence-corrected chi connectivity index (χ1v) is 8.57. The van der Waals surface area contributed by atoms with Crippen LogP contribution in [0.25, 0.3) is 5.69 Å². The maximum Gasteiger partial charge on any atom is 0.148 e. The normalized spacial score (nSPS) is 11.5. The van der Waals surface area contributed by atoms with E-state index < -0.39 is 0 Å². The summed E-state index contributed by atoms with van der Waals surface area (Å²) in [6.45, 7) is 6.42. The van der Waals surface area contributed by atoms with Crippen LogP contribution in [0, 0.1) is 12.4 Å². The molecule has 5 N–H and O–H groups in total. The Labute approximate surface area is 148 Å². The van der Waals surface area contributed by atoms with E-state index in [1.807, 2.05) is 26.0 Å². The summed E-state index contributed by atoms with van der Waals surface area (Å²) in [5, 5.41) is 0. The molecular formula is C17H26N6O2. The molecule has 25 heavy (non-hydrogen) atoms. The Morgan fingerprint density at radius 3 is 2.80 bits per heavy atom. The molecular weight excluding hydrogens is 320 g/mol. The number of hydrazine groups is 2. The Hall–Kier alpha value is -2.47. The van der Waals surface area contributed by atoms with Crippen LogP contribution in [0.15, 0.2) is 18.5 Å². The summed E-state index contributed by atoms with van der Waals surface area (Å²) in [6, 6.07) is 3.88. The summed E-state index contributed by atoms with van der Waals surface area (Å²) in [6.07, 6.45) is 9.15. The van der Waals surface area contributed by atoms with E-state index in [1.54, 1.807) is 10.9 Å². The first-order chi connectivity index (χ1) is 12.4. The maximum atomic E-state index is 5.84. The molecule has 1 aromatic heterocycles. The molecule has 3 rings (SSSR count). The molecule has 1 aliphatic heterocycles. The standard InChI is InChI=1S/C15H20N6O2.C2H6/c16-3-1-2-6-22-7-8-23-14-10-12(21-5-4-17-11-21)9-13-15(14)19-20-18-13;1-2/h9-11,18-20H,1-3,6-8,16H2;1-2H3. The summed E-state index contributed by atoms with van der Waals surface area (Å²) in [5.41, 5.74) is 17.0. The van der Waals surface area contributed by atoms with Crippen molar-refractivity contribution in [2.24, 2.45) is 5.73 Å². The molecule has 2 heterocycles. The number of hydrogen-bond donors (Lipinski definition) is 4. The zero-order chi connectivity index (χ0) is 17.9. The number of fused-ring (bicyclic) bond motifs is 1. The second kappa shape index (κ2) is 10.4. The molecule has 0 atom stereocenters. The molecule has 8 heteroatoms. The van der Waals surface area contributed by atoms with E-state index in [9.17, 15) is 0 Å². The number of nitrogens with zero attached hydrogens (tertiary/aromatic N) is 2. The third-order valence-electron chi connectivity index (χ3n) is 3.39. The monoisotopic (exact) mass is 346 g/mol. The molecule has 0 unspecified atom stereocenters. The number of anilines is 2. The minimum Gasteiger partial charge on any atom is -0.489 e. The van der Waals surface area contributed by atoms with Crippen LogP contribution in [-0.4, -0.2) is 35.9 Å². The molecule has 2 aromatic rings. The van der Waals surface area contributed by atoms with Crippen LogP contribution in [0.5, 0.6) is 5.75 Å². The Morgan fingerprint density at radius 1 is 1.16 bits per heavy atom. The number of rotatable bonds is 9. The van der Waals surface area contributed by atoms with Gasteiger partial charge in [-0.1, -0.05) is 13.8 Å². The molecule has 0 fully saturated rings. The number of hydrogen-bond acceptors (Lipinski definition) is 7. The van der Waals surface area contributed by atoms with Gasteiger partial charge in [-0.15, -0.1) is 5.53 Å². The van der Waals surface area contributed by atoms with Gasteiger partial charge >= 0.3 is 0 Å². The van der Waals surface area contributed by atoms with Crippen molar-refractivity contribution in [1.29, 1.82) is 0 Å². The van der Waals surface area contributed by atoms with Crippen LogP contribution in [0.2, 0.25) is 0 Å². The van der Waals surface area contributed by atoms with Crippen molar-refractivity contribution in [1.82, 2.24) is 15.1 Å². The van der Waals surface area contributed by atoms with Gasteiger partial charge < -0.3 is 20.6 Å². The molecule has 0 spiro atoms. The predicted molar refractivity (Wildman–Crippen MR) is 97.6 cm³/mol. The molecule has 0 radical (unpaired) electrons. The Balaban J connectivity index is 0.00000109. The lowest BCUT2D eigenvalue weighted by Gasteiger charge is -2.12. The summed E-state index contributed by atoms with van der Waals surface area (Å²) in [4.78, 5) is 3.89. The fourth-order valence-corrected chi connectivity index (χ4v) is 2.23. The van der Waals surface area contributed by atoms with Gasteiger partial charge in [0.25, 0.3) is 0 Å². The lowest BCUT2D eigenvalue weighted by atomic mass is 10.2. The zero-order valence-corrected chi connectivity index (χ0v) is 14.8. The summed E-state index contributed by atoms with van der Waals surface area (Å²) < 4.78 is 13.1. The lowest BCUT2D eigenvalue weighted by molar-refractivity contribution is 0.0980. The molecule has 0 saturated heterocycles. The highest BCUT2D eigenvalue weighted by Crippen LogP contribution is 2.37. The number of aromatic nitrogens is 2. The van der Waals surface area contributed by atoms with Gasteiger partial charge in [-0.05, 0) is 25.5 Å². The summed E-state index contributed by atoms with van der Waals surface area (Å²) in [5.74, 6) is 0.725. The highest BCUT2D eigenvalue weighted by Gasteiger charge is 2.17. The number of nitrogens with two attached hydrogens (primary N) is 1. The van der Waals surface area contributed by atoms with E-state index >= 15 is 0 Å². The quantitative estimate of drug-likeness (QED) is 0.515. The minimum absolute atomic E-state index is 0.472. The summed E-state index contributed by atoms with van der Waals surface area (Å²) in [7, 11) is 0. The number of benzene rings is 1. The van der Waals surface area contributed by atoms with E-state index in [0.29, 0.717) is 26.4 Å². The highest BCUT2D eigenvalue weighted by atomic mass is 16.5. The lowest BCUT2D eigenvalue weighted by Crippen LogP contribution is -2.19. The third-order valence-corrected chi connectivity index (χ3v) is 3.39. The molecule has 0 aliphatic carbocycles. The topological polar surface area (TPSA) is 98.4 Å². The Morgan fingerprint density at radius 2 is 2.04 bits per heavy atom. The third kappa shape index (κ3) is 5.26. The number of nitrogens with one attached hydrogen (secondary N) is 3. The highest BCUT2D eigenvalue weighted by molar-refractivity contribution is 5.80. The minimum atomic E-state index is 0.472. The SMILES string of the molecule is CC.NCCCCOCCOc1cc(-n2c#cnc2)cc2c1NNN2. The summed E-state index contributed by atoms with van der Waals surface area (Å²) >= 11 is 0. The average molecular weight is 346 g/mol. The van der Waals surface area contributed by atoms with Crippen molar-refractivity contribution < 1.29 is 9.47 Å².